The number of ether oxygens (including phenoxy) is 1. The number of nitrogens with one attached hydrogen (secondary N) is 2. The van der Waals surface area contributed by atoms with Crippen molar-refractivity contribution in [2.24, 2.45) is 0 Å². The molecule has 94 valence electrons. The molecule has 1 aliphatic carbocycles. The maximum absolute atomic E-state index is 11.9. The van der Waals surface area contributed by atoms with Crippen molar-refractivity contribution in [3.63, 3.8) is 0 Å². The van der Waals surface area contributed by atoms with Crippen molar-refractivity contribution in [3.8, 4) is 0 Å². The second-order valence-electron chi connectivity index (χ2n) is 4.82. The molecule has 2 aliphatic rings. The lowest BCUT2D eigenvalue weighted by atomic mass is 10.0. The highest BCUT2D eigenvalue weighted by Gasteiger charge is 2.33. The summed E-state index contributed by atoms with van der Waals surface area (Å²) in [6.07, 6.45) is 4.34. The van der Waals surface area contributed by atoms with E-state index in [1.807, 2.05) is 0 Å². The molecular formula is C11H21ClN2O2. The molecule has 0 aromatic heterocycles. The van der Waals surface area contributed by atoms with Crippen LogP contribution in [0, 0.1) is 0 Å². The van der Waals surface area contributed by atoms with Crippen molar-refractivity contribution < 1.29 is 9.53 Å². The van der Waals surface area contributed by atoms with Crippen LogP contribution in [-0.4, -0.2) is 37.2 Å². The van der Waals surface area contributed by atoms with E-state index in [9.17, 15) is 4.79 Å². The Morgan fingerprint density at radius 3 is 2.69 bits per heavy atom. The first-order chi connectivity index (χ1) is 7.20. The monoisotopic (exact) mass is 248 g/mol. The molecule has 2 rings (SSSR count). The molecule has 0 radical (unpaired) electrons. The standard InChI is InChI=1S/C11H20N2O2.ClH/c1-11(4-2-3-5-11)13-10(14)9-8-12-6-7-15-9;/h9,12H,2-8H2,1H3,(H,13,14);1H. The second-order valence-corrected chi connectivity index (χ2v) is 4.82. The third-order valence-electron chi connectivity index (χ3n) is 3.35. The molecule has 4 nitrogen and oxygen atoms in total. The zero-order chi connectivity index (χ0) is 10.7. The Labute approximate surface area is 103 Å². The van der Waals surface area contributed by atoms with Gasteiger partial charge in [0.25, 0.3) is 5.91 Å². The first kappa shape index (κ1) is 13.7. The average Bonchev–Trinajstić information content (AvgIpc) is 2.66. The maximum Gasteiger partial charge on any atom is 0.250 e. The number of amides is 1. The van der Waals surface area contributed by atoms with Gasteiger partial charge in [-0.2, -0.15) is 0 Å². The van der Waals surface area contributed by atoms with E-state index in [2.05, 4.69) is 17.6 Å². The highest BCUT2D eigenvalue weighted by Crippen LogP contribution is 2.28. The minimum atomic E-state index is -0.295. The van der Waals surface area contributed by atoms with Crippen LogP contribution in [-0.2, 0) is 9.53 Å². The summed E-state index contributed by atoms with van der Waals surface area (Å²) in [7, 11) is 0. The van der Waals surface area contributed by atoms with Gasteiger partial charge in [0.15, 0.2) is 0 Å². The van der Waals surface area contributed by atoms with Gasteiger partial charge in [0.05, 0.1) is 6.61 Å². The van der Waals surface area contributed by atoms with Crippen LogP contribution in [0.1, 0.15) is 32.6 Å². The number of rotatable bonds is 2. The van der Waals surface area contributed by atoms with E-state index in [1.165, 1.54) is 12.8 Å². The maximum atomic E-state index is 11.9. The zero-order valence-electron chi connectivity index (χ0n) is 9.75. The summed E-state index contributed by atoms with van der Waals surface area (Å²) in [6.45, 7) is 4.26. The zero-order valence-corrected chi connectivity index (χ0v) is 10.6. The quantitative estimate of drug-likeness (QED) is 0.762. The van der Waals surface area contributed by atoms with E-state index in [0.717, 1.165) is 19.4 Å². The van der Waals surface area contributed by atoms with E-state index in [1.54, 1.807) is 0 Å². The molecule has 1 atom stereocenters. The van der Waals surface area contributed by atoms with Crippen molar-refractivity contribution >= 4 is 18.3 Å². The third-order valence-corrected chi connectivity index (χ3v) is 3.35. The Morgan fingerprint density at radius 1 is 1.44 bits per heavy atom. The lowest BCUT2D eigenvalue weighted by Gasteiger charge is -2.30. The molecule has 5 heteroatoms. The van der Waals surface area contributed by atoms with Crippen molar-refractivity contribution in [2.45, 2.75) is 44.2 Å². The Kier molecular flexibility index (Phi) is 5.02. The van der Waals surface area contributed by atoms with Crippen LogP contribution in [0.5, 0.6) is 0 Å². The molecule has 2 fully saturated rings. The van der Waals surface area contributed by atoms with Crippen LogP contribution in [0.2, 0.25) is 0 Å². The highest BCUT2D eigenvalue weighted by molar-refractivity contribution is 5.85. The molecule has 0 bridgehead atoms. The van der Waals surface area contributed by atoms with Crippen LogP contribution in [0.15, 0.2) is 0 Å². The van der Waals surface area contributed by atoms with Crippen LogP contribution in [0.3, 0.4) is 0 Å². The van der Waals surface area contributed by atoms with E-state index in [4.69, 9.17) is 4.74 Å². The molecule has 0 aromatic rings. The molecule has 1 unspecified atom stereocenters. The summed E-state index contributed by atoms with van der Waals surface area (Å²) in [5.74, 6) is 0.0478. The normalized spacial score (nSPS) is 28.2. The first-order valence-electron chi connectivity index (χ1n) is 5.84. The average molecular weight is 249 g/mol. The topological polar surface area (TPSA) is 50.4 Å². The van der Waals surface area contributed by atoms with Crippen LogP contribution in [0.4, 0.5) is 0 Å². The summed E-state index contributed by atoms with van der Waals surface area (Å²) in [5, 5.41) is 6.29. The SMILES string of the molecule is CC1(NC(=O)C2CNCCO2)CCCC1.Cl. The predicted molar refractivity (Wildman–Crippen MR) is 64.9 cm³/mol. The van der Waals surface area contributed by atoms with E-state index >= 15 is 0 Å². The summed E-state index contributed by atoms with van der Waals surface area (Å²) >= 11 is 0. The van der Waals surface area contributed by atoms with Crippen molar-refractivity contribution in [2.75, 3.05) is 19.7 Å². The summed E-state index contributed by atoms with van der Waals surface area (Å²) in [4.78, 5) is 11.9. The summed E-state index contributed by atoms with van der Waals surface area (Å²) in [5.41, 5.74) is 0.0118. The van der Waals surface area contributed by atoms with Crippen molar-refractivity contribution in [1.82, 2.24) is 10.6 Å². The lowest BCUT2D eigenvalue weighted by molar-refractivity contribution is -0.136. The fourth-order valence-corrected chi connectivity index (χ4v) is 2.39. The molecule has 0 spiro atoms. The van der Waals surface area contributed by atoms with Crippen LogP contribution in [0.25, 0.3) is 0 Å². The Morgan fingerprint density at radius 2 is 2.12 bits per heavy atom. The van der Waals surface area contributed by atoms with E-state index < -0.39 is 0 Å². The van der Waals surface area contributed by atoms with Gasteiger partial charge in [-0.15, -0.1) is 12.4 Å². The van der Waals surface area contributed by atoms with Gasteiger partial charge in [-0.05, 0) is 19.8 Å². The van der Waals surface area contributed by atoms with Crippen molar-refractivity contribution in [3.05, 3.63) is 0 Å². The summed E-state index contributed by atoms with van der Waals surface area (Å²) < 4.78 is 5.42. The predicted octanol–water partition coefficient (Wildman–Crippen LogP) is 0.845. The number of hydrogen-bond donors (Lipinski definition) is 2. The molecule has 0 aromatic carbocycles. The fraction of sp³-hybridized carbons (Fsp3) is 0.909. The molecule has 1 saturated heterocycles. The number of carbonyl (C=O) groups excluding carboxylic acids is 1. The van der Waals surface area contributed by atoms with Gasteiger partial charge in [-0.3, -0.25) is 4.79 Å². The van der Waals surface area contributed by atoms with Gasteiger partial charge in [-0.1, -0.05) is 12.8 Å². The molecule has 2 N–H and O–H groups in total. The minimum Gasteiger partial charge on any atom is -0.366 e. The minimum absolute atomic E-state index is 0. The van der Waals surface area contributed by atoms with Gasteiger partial charge >= 0.3 is 0 Å². The van der Waals surface area contributed by atoms with E-state index in [-0.39, 0.29) is 30.0 Å². The molecule has 16 heavy (non-hydrogen) atoms. The second kappa shape index (κ2) is 5.84. The van der Waals surface area contributed by atoms with Crippen molar-refractivity contribution in [1.29, 1.82) is 0 Å². The Hall–Kier alpha value is -0.320. The van der Waals surface area contributed by atoms with Crippen LogP contribution >= 0.6 is 12.4 Å². The van der Waals surface area contributed by atoms with Gasteiger partial charge in [0.1, 0.15) is 6.10 Å². The number of halogens is 1. The smallest absolute Gasteiger partial charge is 0.250 e. The number of carbonyl (C=O) groups is 1. The molecular weight excluding hydrogens is 228 g/mol. The number of hydrogen-bond acceptors (Lipinski definition) is 3. The molecule has 1 saturated carbocycles. The highest BCUT2D eigenvalue weighted by atomic mass is 35.5. The van der Waals surface area contributed by atoms with Gasteiger partial charge < -0.3 is 15.4 Å². The Bertz CT molecular complexity index is 236. The third kappa shape index (κ3) is 3.34. The summed E-state index contributed by atoms with van der Waals surface area (Å²) in [6, 6.07) is 0. The largest absolute Gasteiger partial charge is 0.366 e. The molecule has 1 amide bonds. The van der Waals surface area contributed by atoms with E-state index in [0.29, 0.717) is 13.2 Å². The van der Waals surface area contributed by atoms with Gasteiger partial charge in [0.2, 0.25) is 0 Å². The molecule has 1 heterocycles. The lowest BCUT2D eigenvalue weighted by Crippen LogP contribution is -2.53. The fourth-order valence-electron chi connectivity index (χ4n) is 2.39. The molecule has 1 aliphatic heterocycles. The Balaban J connectivity index is 0.00000128. The van der Waals surface area contributed by atoms with Gasteiger partial charge in [0, 0.05) is 18.6 Å². The van der Waals surface area contributed by atoms with Gasteiger partial charge in [-0.25, -0.2) is 0 Å². The number of morpholine rings is 1. The first-order valence-corrected chi connectivity index (χ1v) is 5.84. The van der Waals surface area contributed by atoms with Crippen LogP contribution < -0.4 is 10.6 Å².